The number of hydrogen-bond acceptors (Lipinski definition) is 5. The highest BCUT2D eigenvalue weighted by atomic mass is 16.6. The van der Waals surface area contributed by atoms with E-state index in [9.17, 15) is 19.2 Å². The van der Waals surface area contributed by atoms with Gasteiger partial charge in [-0.1, -0.05) is 0 Å². The van der Waals surface area contributed by atoms with Crippen LogP contribution in [0.1, 0.15) is 40.5 Å². The summed E-state index contributed by atoms with van der Waals surface area (Å²) in [5.74, 6) is -1.12. The number of hydrogen-bond donors (Lipinski definition) is 3. The van der Waals surface area contributed by atoms with Crippen LogP contribution < -0.4 is 16.0 Å². The summed E-state index contributed by atoms with van der Waals surface area (Å²) in [6.45, 7) is 7.71. The topological polar surface area (TPSA) is 117 Å². The van der Waals surface area contributed by atoms with Crippen molar-refractivity contribution < 1.29 is 23.9 Å². The monoisotopic (exact) mass is 356 g/mol. The third-order valence-electron chi connectivity index (χ3n) is 3.45. The third-order valence-corrected chi connectivity index (χ3v) is 3.45. The van der Waals surface area contributed by atoms with Crippen LogP contribution in [0.25, 0.3) is 0 Å². The standard InChI is InChI=1S/C16H28N4O5/c1-11(19-15(24)25-16(2,3)4)14(23)18-9-12(21)17-10-13(22)20-7-5-6-8-20/h11H,5-10H2,1-4H3,(H,17,21)(H,18,23)(H,19,24)/t11-/m0/s1. The highest BCUT2D eigenvalue weighted by Crippen LogP contribution is 2.07. The molecular weight excluding hydrogens is 328 g/mol. The molecule has 1 atom stereocenters. The van der Waals surface area contributed by atoms with E-state index >= 15 is 0 Å². The van der Waals surface area contributed by atoms with Crippen LogP contribution in [0.15, 0.2) is 0 Å². The normalized spacial score (nSPS) is 15.3. The maximum atomic E-state index is 11.9. The molecule has 142 valence electrons. The summed E-state index contributed by atoms with van der Waals surface area (Å²) in [4.78, 5) is 48.6. The number of rotatable bonds is 6. The van der Waals surface area contributed by atoms with Crippen molar-refractivity contribution in [2.24, 2.45) is 0 Å². The molecule has 1 heterocycles. The molecule has 0 aromatic carbocycles. The molecule has 4 amide bonds. The minimum absolute atomic E-state index is 0.0829. The Morgan fingerprint density at radius 3 is 2.20 bits per heavy atom. The van der Waals surface area contributed by atoms with Gasteiger partial charge in [-0.2, -0.15) is 0 Å². The fraction of sp³-hybridized carbons (Fsp3) is 0.750. The van der Waals surface area contributed by atoms with Crippen molar-refractivity contribution in [2.75, 3.05) is 26.2 Å². The molecule has 9 heteroatoms. The van der Waals surface area contributed by atoms with Gasteiger partial charge in [0.25, 0.3) is 0 Å². The van der Waals surface area contributed by atoms with Crippen molar-refractivity contribution in [3.63, 3.8) is 0 Å². The molecule has 1 rings (SSSR count). The first-order chi connectivity index (χ1) is 11.6. The summed E-state index contributed by atoms with van der Waals surface area (Å²) < 4.78 is 5.05. The lowest BCUT2D eigenvalue weighted by atomic mass is 10.2. The summed E-state index contributed by atoms with van der Waals surface area (Å²) in [5, 5.41) is 7.25. The van der Waals surface area contributed by atoms with Gasteiger partial charge in [0.05, 0.1) is 13.1 Å². The fourth-order valence-corrected chi connectivity index (χ4v) is 2.19. The van der Waals surface area contributed by atoms with E-state index in [1.165, 1.54) is 6.92 Å². The molecule has 1 aliphatic rings. The lowest BCUT2D eigenvalue weighted by molar-refractivity contribution is -0.132. The molecule has 0 spiro atoms. The zero-order valence-electron chi connectivity index (χ0n) is 15.3. The predicted molar refractivity (Wildman–Crippen MR) is 90.7 cm³/mol. The molecule has 1 fully saturated rings. The van der Waals surface area contributed by atoms with E-state index < -0.39 is 29.6 Å². The second kappa shape index (κ2) is 9.24. The molecular formula is C16H28N4O5. The van der Waals surface area contributed by atoms with E-state index in [1.54, 1.807) is 25.7 Å². The highest BCUT2D eigenvalue weighted by molar-refractivity contribution is 5.90. The number of nitrogens with zero attached hydrogens (tertiary/aromatic N) is 1. The third kappa shape index (κ3) is 8.37. The lowest BCUT2D eigenvalue weighted by Crippen LogP contribution is -2.49. The van der Waals surface area contributed by atoms with Crippen molar-refractivity contribution in [1.82, 2.24) is 20.9 Å². The van der Waals surface area contributed by atoms with Crippen molar-refractivity contribution in [3.05, 3.63) is 0 Å². The van der Waals surface area contributed by atoms with Gasteiger partial charge in [-0.05, 0) is 40.5 Å². The Morgan fingerprint density at radius 2 is 1.64 bits per heavy atom. The Morgan fingerprint density at radius 1 is 1.04 bits per heavy atom. The molecule has 0 unspecified atom stereocenters. The highest BCUT2D eigenvalue weighted by Gasteiger charge is 2.22. The van der Waals surface area contributed by atoms with E-state index in [2.05, 4.69) is 16.0 Å². The van der Waals surface area contributed by atoms with Gasteiger partial charge < -0.3 is 25.6 Å². The predicted octanol–water partition coefficient (Wildman–Crippen LogP) is -0.246. The molecule has 1 saturated heterocycles. The molecule has 0 bridgehead atoms. The summed E-state index contributed by atoms with van der Waals surface area (Å²) in [5.41, 5.74) is -0.665. The first-order valence-electron chi connectivity index (χ1n) is 8.40. The van der Waals surface area contributed by atoms with Crippen LogP contribution >= 0.6 is 0 Å². The second-order valence-corrected chi connectivity index (χ2v) is 6.95. The van der Waals surface area contributed by atoms with Gasteiger partial charge in [-0.15, -0.1) is 0 Å². The molecule has 9 nitrogen and oxygen atoms in total. The van der Waals surface area contributed by atoms with Crippen LogP contribution in [0.3, 0.4) is 0 Å². The molecule has 0 saturated carbocycles. The second-order valence-electron chi connectivity index (χ2n) is 6.95. The summed E-state index contributed by atoms with van der Waals surface area (Å²) in [6.07, 6.45) is 1.26. The van der Waals surface area contributed by atoms with E-state index in [0.717, 1.165) is 25.9 Å². The van der Waals surface area contributed by atoms with Gasteiger partial charge in [-0.25, -0.2) is 4.79 Å². The number of likely N-dealkylation sites (tertiary alicyclic amines) is 1. The first-order valence-corrected chi connectivity index (χ1v) is 8.40. The van der Waals surface area contributed by atoms with Crippen molar-refractivity contribution in [3.8, 4) is 0 Å². The Labute approximate surface area is 147 Å². The van der Waals surface area contributed by atoms with Crippen molar-refractivity contribution in [2.45, 2.75) is 52.2 Å². The lowest BCUT2D eigenvalue weighted by Gasteiger charge is -2.21. The van der Waals surface area contributed by atoms with Gasteiger partial charge in [0.1, 0.15) is 11.6 Å². The minimum atomic E-state index is -0.853. The average molecular weight is 356 g/mol. The molecule has 3 N–H and O–H groups in total. The maximum absolute atomic E-state index is 11.9. The summed E-state index contributed by atoms with van der Waals surface area (Å²) in [7, 11) is 0. The SMILES string of the molecule is C[C@H](NC(=O)OC(C)(C)C)C(=O)NCC(=O)NCC(=O)N1CCCC1. The Balaban J connectivity index is 2.24. The van der Waals surface area contributed by atoms with Crippen LogP contribution in [0.5, 0.6) is 0 Å². The number of carbonyl (C=O) groups excluding carboxylic acids is 4. The van der Waals surface area contributed by atoms with Crippen LogP contribution in [-0.2, 0) is 19.1 Å². The number of carbonyl (C=O) groups is 4. The molecule has 25 heavy (non-hydrogen) atoms. The molecule has 1 aliphatic heterocycles. The fourth-order valence-electron chi connectivity index (χ4n) is 2.19. The van der Waals surface area contributed by atoms with E-state index in [0.29, 0.717) is 0 Å². The van der Waals surface area contributed by atoms with Gasteiger partial charge >= 0.3 is 6.09 Å². The van der Waals surface area contributed by atoms with Crippen LogP contribution in [0.2, 0.25) is 0 Å². The van der Waals surface area contributed by atoms with Crippen LogP contribution in [0, 0.1) is 0 Å². The Hall–Kier alpha value is -2.32. The zero-order valence-corrected chi connectivity index (χ0v) is 15.3. The maximum Gasteiger partial charge on any atom is 0.408 e. The molecule has 0 aromatic rings. The quantitative estimate of drug-likeness (QED) is 0.607. The zero-order chi connectivity index (χ0) is 19.0. The molecule has 0 radical (unpaired) electrons. The molecule has 0 aromatic heterocycles. The largest absolute Gasteiger partial charge is 0.444 e. The van der Waals surface area contributed by atoms with Crippen LogP contribution in [0.4, 0.5) is 4.79 Å². The summed E-state index contributed by atoms with van der Waals surface area (Å²) in [6, 6.07) is -0.853. The van der Waals surface area contributed by atoms with Gasteiger partial charge in [0.15, 0.2) is 0 Å². The van der Waals surface area contributed by atoms with E-state index in [1.807, 2.05) is 0 Å². The van der Waals surface area contributed by atoms with Crippen molar-refractivity contribution >= 4 is 23.8 Å². The number of ether oxygens (including phenoxy) is 1. The smallest absolute Gasteiger partial charge is 0.408 e. The van der Waals surface area contributed by atoms with E-state index in [4.69, 9.17) is 4.74 Å². The number of amides is 4. The molecule has 0 aliphatic carbocycles. The summed E-state index contributed by atoms with van der Waals surface area (Å²) >= 11 is 0. The van der Waals surface area contributed by atoms with E-state index in [-0.39, 0.29) is 19.0 Å². The van der Waals surface area contributed by atoms with Crippen LogP contribution in [-0.4, -0.2) is 66.5 Å². The first kappa shape index (κ1) is 20.7. The number of nitrogens with one attached hydrogen (secondary N) is 3. The Bertz CT molecular complexity index is 509. The van der Waals surface area contributed by atoms with Crippen molar-refractivity contribution in [1.29, 1.82) is 0 Å². The average Bonchev–Trinajstić information content (AvgIpc) is 3.02. The number of alkyl carbamates (subject to hydrolysis) is 1. The van der Waals surface area contributed by atoms with Gasteiger partial charge in [0, 0.05) is 13.1 Å². The van der Waals surface area contributed by atoms with Gasteiger partial charge in [0.2, 0.25) is 17.7 Å². The van der Waals surface area contributed by atoms with Gasteiger partial charge in [-0.3, -0.25) is 14.4 Å². The minimum Gasteiger partial charge on any atom is -0.444 e. The Kier molecular flexibility index (Phi) is 7.66.